The van der Waals surface area contributed by atoms with Gasteiger partial charge >= 0.3 is 0 Å². The fourth-order valence-corrected chi connectivity index (χ4v) is 1.59. The second kappa shape index (κ2) is 5.27. The molecule has 1 atom stereocenters. The summed E-state index contributed by atoms with van der Waals surface area (Å²) in [5, 5.41) is 10.8. The van der Waals surface area contributed by atoms with Gasteiger partial charge in [-0.1, -0.05) is 30.3 Å². The predicted octanol–water partition coefficient (Wildman–Crippen LogP) is 1.75. The van der Waals surface area contributed by atoms with Gasteiger partial charge in [0.05, 0.1) is 0 Å². The van der Waals surface area contributed by atoms with Crippen molar-refractivity contribution in [1.82, 2.24) is 10.2 Å². The largest absolute Gasteiger partial charge is 0.364 e. The van der Waals surface area contributed by atoms with Crippen LogP contribution in [0.15, 0.2) is 42.5 Å². The van der Waals surface area contributed by atoms with Crippen molar-refractivity contribution < 1.29 is 4.79 Å². The average Bonchev–Trinajstić information content (AvgIpc) is 2.40. The fraction of sp³-hybridized carbons (Fsp3) is 0.154. The number of carbonyl (C=O) groups is 1. The molecule has 0 saturated carbocycles. The number of anilines is 1. The Morgan fingerprint density at radius 3 is 2.44 bits per heavy atom. The first-order valence-electron chi connectivity index (χ1n) is 5.62. The lowest BCUT2D eigenvalue weighted by Gasteiger charge is -2.14. The predicted molar refractivity (Wildman–Crippen MR) is 69.0 cm³/mol. The van der Waals surface area contributed by atoms with Gasteiger partial charge in [0.2, 0.25) is 0 Å². The van der Waals surface area contributed by atoms with Crippen LogP contribution in [0, 0.1) is 0 Å². The third-order valence-corrected chi connectivity index (χ3v) is 2.58. The van der Waals surface area contributed by atoms with Crippen molar-refractivity contribution in [2.24, 2.45) is 5.73 Å². The Hall–Kier alpha value is -2.43. The summed E-state index contributed by atoms with van der Waals surface area (Å²) in [5.74, 6) is 0.0292. The second-order valence-corrected chi connectivity index (χ2v) is 3.94. The zero-order chi connectivity index (χ0) is 13.0. The lowest BCUT2D eigenvalue weighted by molar-refractivity contribution is 0.0994. The topological polar surface area (TPSA) is 80.9 Å². The Labute approximate surface area is 105 Å². The number of nitrogens with zero attached hydrogens (tertiary/aromatic N) is 2. The molecule has 1 heterocycles. The number of nitrogens with two attached hydrogens (primary N) is 1. The van der Waals surface area contributed by atoms with E-state index in [9.17, 15) is 4.79 Å². The average molecular weight is 242 g/mol. The molecule has 5 nitrogen and oxygen atoms in total. The highest BCUT2D eigenvalue weighted by atomic mass is 16.1. The van der Waals surface area contributed by atoms with E-state index in [-0.39, 0.29) is 11.7 Å². The molecular weight excluding hydrogens is 228 g/mol. The summed E-state index contributed by atoms with van der Waals surface area (Å²) in [5.41, 5.74) is 6.41. The molecule has 1 unspecified atom stereocenters. The van der Waals surface area contributed by atoms with E-state index >= 15 is 0 Å². The van der Waals surface area contributed by atoms with Crippen LogP contribution in [0.1, 0.15) is 29.0 Å². The van der Waals surface area contributed by atoms with E-state index in [1.54, 1.807) is 12.1 Å². The molecule has 2 rings (SSSR count). The minimum absolute atomic E-state index is 0.111. The smallest absolute Gasteiger partial charge is 0.269 e. The van der Waals surface area contributed by atoms with Crippen molar-refractivity contribution in [2.45, 2.75) is 13.0 Å². The van der Waals surface area contributed by atoms with Crippen LogP contribution in [0.3, 0.4) is 0 Å². The van der Waals surface area contributed by atoms with Crippen LogP contribution >= 0.6 is 0 Å². The molecule has 0 bridgehead atoms. The fourth-order valence-electron chi connectivity index (χ4n) is 1.59. The molecule has 1 aromatic heterocycles. The van der Waals surface area contributed by atoms with E-state index in [0.29, 0.717) is 5.82 Å². The minimum Gasteiger partial charge on any atom is -0.364 e. The van der Waals surface area contributed by atoms with E-state index in [2.05, 4.69) is 15.5 Å². The van der Waals surface area contributed by atoms with Crippen molar-refractivity contribution in [2.75, 3.05) is 5.32 Å². The quantitative estimate of drug-likeness (QED) is 0.855. The summed E-state index contributed by atoms with van der Waals surface area (Å²) in [7, 11) is 0. The number of primary amides is 1. The molecule has 0 spiro atoms. The van der Waals surface area contributed by atoms with Crippen LogP contribution in [0.4, 0.5) is 5.82 Å². The number of benzene rings is 1. The Kier molecular flexibility index (Phi) is 3.52. The van der Waals surface area contributed by atoms with Gasteiger partial charge < -0.3 is 11.1 Å². The van der Waals surface area contributed by atoms with Crippen LogP contribution < -0.4 is 11.1 Å². The lowest BCUT2D eigenvalue weighted by Crippen LogP contribution is -2.15. The molecule has 2 aromatic rings. The van der Waals surface area contributed by atoms with Gasteiger partial charge in [-0.2, -0.15) is 0 Å². The Bertz CT molecular complexity index is 524. The SMILES string of the molecule is CC(Nc1ccc(C(N)=O)nn1)c1ccccc1. The second-order valence-electron chi connectivity index (χ2n) is 3.94. The van der Waals surface area contributed by atoms with Gasteiger partial charge in [0.25, 0.3) is 5.91 Å². The number of hydrogen-bond acceptors (Lipinski definition) is 4. The number of rotatable bonds is 4. The lowest BCUT2D eigenvalue weighted by atomic mass is 10.1. The first-order chi connectivity index (χ1) is 8.66. The molecule has 1 aromatic carbocycles. The Morgan fingerprint density at radius 1 is 1.17 bits per heavy atom. The molecule has 3 N–H and O–H groups in total. The van der Waals surface area contributed by atoms with Crippen LogP contribution in [0.25, 0.3) is 0 Å². The first-order valence-corrected chi connectivity index (χ1v) is 5.62. The van der Waals surface area contributed by atoms with Gasteiger partial charge in [0, 0.05) is 6.04 Å². The molecule has 0 aliphatic rings. The van der Waals surface area contributed by atoms with Gasteiger partial charge in [0.15, 0.2) is 5.69 Å². The van der Waals surface area contributed by atoms with E-state index in [4.69, 9.17) is 5.73 Å². The molecular formula is C13H14N4O. The number of nitrogens with one attached hydrogen (secondary N) is 1. The maximum absolute atomic E-state index is 10.9. The van der Waals surface area contributed by atoms with Crippen LogP contribution in [0.5, 0.6) is 0 Å². The highest BCUT2D eigenvalue weighted by Crippen LogP contribution is 2.16. The molecule has 18 heavy (non-hydrogen) atoms. The maximum Gasteiger partial charge on any atom is 0.269 e. The normalized spacial score (nSPS) is 11.8. The molecule has 0 aliphatic carbocycles. The highest BCUT2D eigenvalue weighted by molar-refractivity contribution is 5.90. The van der Waals surface area contributed by atoms with Gasteiger partial charge in [0.1, 0.15) is 5.82 Å². The van der Waals surface area contributed by atoms with Crippen LogP contribution in [0.2, 0.25) is 0 Å². The zero-order valence-corrected chi connectivity index (χ0v) is 10.00. The molecule has 0 aliphatic heterocycles. The van der Waals surface area contributed by atoms with Crippen molar-refractivity contribution in [3.63, 3.8) is 0 Å². The first kappa shape index (κ1) is 12.0. The molecule has 1 amide bonds. The van der Waals surface area contributed by atoms with Crippen molar-refractivity contribution in [1.29, 1.82) is 0 Å². The highest BCUT2D eigenvalue weighted by Gasteiger charge is 2.07. The van der Waals surface area contributed by atoms with Crippen LogP contribution in [-0.4, -0.2) is 16.1 Å². The molecule has 92 valence electrons. The molecule has 0 fully saturated rings. The Balaban J connectivity index is 2.08. The van der Waals surface area contributed by atoms with E-state index in [0.717, 1.165) is 5.56 Å². The van der Waals surface area contributed by atoms with Gasteiger partial charge in [-0.25, -0.2) is 0 Å². The number of aromatic nitrogens is 2. The monoisotopic (exact) mass is 242 g/mol. The summed E-state index contributed by atoms with van der Waals surface area (Å²) < 4.78 is 0. The maximum atomic E-state index is 10.9. The summed E-state index contributed by atoms with van der Waals surface area (Å²) >= 11 is 0. The van der Waals surface area contributed by atoms with Crippen LogP contribution in [-0.2, 0) is 0 Å². The Morgan fingerprint density at radius 2 is 1.89 bits per heavy atom. The molecule has 5 heteroatoms. The van der Waals surface area contributed by atoms with E-state index < -0.39 is 5.91 Å². The number of amides is 1. The summed E-state index contributed by atoms with van der Waals surface area (Å²) in [6, 6.07) is 13.3. The van der Waals surface area contributed by atoms with Gasteiger partial charge in [-0.15, -0.1) is 10.2 Å². The zero-order valence-electron chi connectivity index (χ0n) is 10.00. The number of hydrogen-bond donors (Lipinski definition) is 2. The third kappa shape index (κ3) is 2.82. The summed E-state index contributed by atoms with van der Waals surface area (Å²) in [6.45, 7) is 2.03. The number of carbonyl (C=O) groups excluding carboxylic acids is 1. The van der Waals surface area contributed by atoms with Crippen molar-refractivity contribution >= 4 is 11.7 Å². The van der Waals surface area contributed by atoms with Gasteiger partial charge in [-0.3, -0.25) is 4.79 Å². The van der Waals surface area contributed by atoms with E-state index in [1.165, 1.54) is 0 Å². The van der Waals surface area contributed by atoms with E-state index in [1.807, 2.05) is 37.3 Å². The molecule has 0 radical (unpaired) electrons. The van der Waals surface area contributed by atoms with Gasteiger partial charge in [-0.05, 0) is 24.6 Å². The summed E-state index contributed by atoms with van der Waals surface area (Å²) in [4.78, 5) is 10.9. The van der Waals surface area contributed by atoms with Crippen molar-refractivity contribution in [3.05, 3.63) is 53.7 Å². The minimum atomic E-state index is -0.579. The van der Waals surface area contributed by atoms with Crippen molar-refractivity contribution in [3.8, 4) is 0 Å². The molecule has 0 saturated heterocycles. The standard InChI is InChI=1S/C13H14N4O/c1-9(10-5-3-2-4-6-10)15-12-8-7-11(13(14)18)16-17-12/h2-9H,1H3,(H2,14,18)(H,15,17). The summed E-state index contributed by atoms with van der Waals surface area (Å²) in [6.07, 6.45) is 0. The third-order valence-electron chi connectivity index (χ3n) is 2.58.